The maximum atomic E-state index is 5.81. The molecule has 0 aliphatic carbocycles. The SMILES string of the molecule is COC1CC=Nc2ccc(COCC[Si](C)(C)C)cc21. The van der Waals surface area contributed by atoms with Crippen molar-refractivity contribution in [1.82, 2.24) is 0 Å². The first-order valence-corrected chi connectivity index (χ1v) is 11.0. The van der Waals surface area contributed by atoms with Crippen molar-refractivity contribution in [2.45, 2.75) is 44.8 Å². The van der Waals surface area contributed by atoms with Gasteiger partial charge in [-0.1, -0.05) is 25.7 Å². The van der Waals surface area contributed by atoms with Crippen LogP contribution in [0.5, 0.6) is 0 Å². The summed E-state index contributed by atoms with van der Waals surface area (Å²) >= 11 is 0. The monoisotopic (exact) mass is 291 g/mol. The summed E-state index contributed by atoms with van der Waals surface area (Å²) in [7, 11) is 0.755. The molecule has 1 heterocycles. The van der Waals surface area contributed by atoms with Gasteiger partial charge in [-0.2, -0.15) is 0 Å². The second-order valence-electron chi connectivity index (χ2n) is 6.53. The fourth-order valence-corrected chi connectivity index (χ4v) is 2.99. The molecule has 1 aromatic rings. The maximum absolute atomic E-state index is 5.81. The smallest absolute Gasteiger partial charge is 0.0891 e. The second kappa shape index (κ2) is 6.65. The van der Waals surface area contributed by atoms with Crippen LogP contribution >= 0.6 is 0 Å². The van der Waals surface area contributed by atoms with Crippen molar-refractivity contribution in [2.75, 3.05) is 13.7 Å². The highest BCUT2D eigenvalue weighted by Crippen LogP contribution is 2.33. The molecule has 1 aromatic carbocycles. The van der Waals surface area contributed by atoms with Crippen LogP contribution in [-0.4, -0.2) is 28.0 Å². The third-order valence-electron chi connectivity index (χ3n) is 3.54. The Morgan fingerprint density at radius 2 is 2.10 bits per heavy atom. The first-order chi connectivity index (χ1) is 9.49. The lowest BCUT2D eigenvalue weighted by Crippen LogP contribution is -2.21. The standard InChI is InChI=1S/C16H25NO2Si/c1-18-16-7-8-17-15-6-5-13(11-14(15)16)12-19-9-10-20(2,3)4/h5-6,8,11,16H,7,9-10,12H2,1-4H3. The second-order valence-corrected chi connectivity index (χ2v) is 12.1. The van der Waals surface area contributed by atoms with E-state index in [2.05, 4.69) is 42.8 Å². The minimum Gasteiger partial charge on any atom is -0.377 e. The predicted octanol–water partition coefficient (Wildman–Crippen LogP) is 4.33. The molecule has 20 heavy (non-hydrogen) atoms. The Bertz CT molecular complexity index is 480. The van der Waals surface area contributed by atoms with Gasteiger partial charge in [-0.15, -0.1) is 0 Å². The van der Waals surface area contributed by atoms with Gasteiger partial charge in [0.1, 0.15) is 0 Å². The van der Waals surface area contributed by atoms with Crippen LogP contribution in [-0.2, 0) is 16.1 Å². The van der Waals surface area contributed by atoms with E-state index in [9.17, 15) is 0 Å². The molecule has 1 atom stereocenters. The Labute approximate surface area is 123 Å². The molecule has 0 amide bonds. The van der Waals surface area contributed by atoms with Crippen LogP contribution in [0.2, 0.25) is 25.7 Å². The molecule has 3 nitrogen and oxygen atoms in total. The molecule has 0 saturated heterocycles. The summed E-state index contributed by atoms with van der Waals surface area (Å²) in [6.07, 6.45) is 2.91. The average Bonchev–Trinajstić information content (AvgIpc) is 2.41. The van der Waals surface area contributed by atoms with Crippen molar-refractivity contribution in [3.8, 4) is 0 Å². The zero-order chi connectivity index (χ0) is 14.6. The van der Waals surface area contributed by atoms with E-state index >= 15 is 0 Å². The summed E-state index contributed by atoms with van der Waals surface area (Å²) in [4.78, 5) is 4.42. The molecule has 1 aliphatic heterocycles. The van der Waals surface area contributed by atoms with Crippen molar-refractivity contribution in [1.29, 1.82) is 0 Å². The zero-order valence-electron chi connectivity index (χ0n) is 13.0. The zero-order valence-corrected chi connectivity index (χ0v) is 14.0. The van der Waals surface area contributed by atoms with Gasteiger partial charge in [0.15, 0.2) is 0 Å². The van der Waals surface area contributed by atoms with Crippen LogP contribution in [0.1, 0.15) is 23.7 Å². The summed E-state index contributed by atoms with van der Waals surface area (Å²) in [5, 5.41) is 0. The van der Waals surface area contributed by atoms with Crippen molar-refractivity contribution in [3.05, 3.63) is 29.3 Å². The first kappa shape index (κ1) is 15.4. The van der Waals surface area contributed by atoms with Gasteiger partial charge in [0.25, 0.3) is 0 Å². The number of rotatable bonds is 6. The molecule has 0 saturated carbocycles. The van der Waals surface area contributed by atoms with Crippen LogP contribution in [0.25, 0.3) is 0 Å². The van der Waals surface area contributed by atoms with Crippen LogP contribution in [0.15, 0.2) is 23.2 Å². The van der Waals surface area contributed by atoms with E-state index < -0.39 is 8.07 Å². The topological polar surface area (TPSA) is 30.8 Å². The Hall–Kier alpha value is -0.973. The minimum absolute atomic E-state index is 0.129. The van der Waals surface area contributed by atoms with Gasteiger partial charge < -0.3 is 9.47 Å². The molecule has 0 fully saturated rings. The molecular formula is C16H25NO2Si. The number of hydrogen-bond donors (Lipinski definition) is 0. The molecular weight excluding hydrogens is 266 g/mol. The van der Waals surface area contributed by atoms with E-state index in [0.717, 1.165) is 18.7 Å². The number of fused-ring (bicyclic) bond motifs is 1. The summed E-state index contributed by atoms with van der Waals surface area (Å²) in [5.74, 6) is 0. The van der Waals surface area contributed by atoms with Gasteiger partial charge in [0, 0.05) is 40.0 Å². The largest absolute Gasteiger partial charge is 0.377 e. The van der Waals surface area contributed by atoms with E-state index in [0.29, 0.717) is 6.61 Å². The molecule has 1 unspecified atom stereocenters. The molecule has 0 N–H and O–H groups in total. The molecule has 0 bridgehead atoms. The van der Waals surface area contributed by atoms with Crippen molar-refractivity contribution in [2.24, 2.45) is 4.99 Å². The van der Waals surface area contributed by atoms with Crippen molar-refractivity contribution >= 4 is 20.0 Å². The summed E-state index contributed by atoms with van der Waals surface area (Å²) < 4.78 is 11.3. The Kier molecular flexibility index (Phi) is 5.13. The van der Waals surface area contributed by atoms with E-state index in [1.165, 1.54) is 17.2 Å². The summed E-state index contributed by atoms with van der Waals surface area (Å²) in [5.41, 5.74) is 3.41. The fraction of sp³-hybridized carbons (Fsp3) is 0.562. The van der Waals surface area contributed by atoms with Gasteiger partial charge in [0.2, 0.25) is 0 Å². The Morgan fingerprint density at radius 1 is 1.30 bits per heavy atom. The highest BCUT2D eigenvalue weighted by Gasteiger charge is 2.18. The number of methoxy groups -OCH3 is 1. The number of aliphatic imine (C=N–C) groups is 1. The van der Waals surface area contributed by atoms with Gasteiger partial charge >= 0.3 is 0 Å². The van der Waals surface area contributed by atoms with Crippen LogP contribution in [0.3, 0.4) is 0 Å². The Balaban J connectivity index is 1.95. The fourth-order valence-electron chi connectivity index (χ4n) is 2.23. The van der Waals surface area contributed by atoms with Gasteiger partial charge in [-0.05, 0) is 23.7 Å². The van der Waals surface area contributed by atoms with Gasteiger partial charge in [-0.3, -0.25) is 4.99 Å². The minimum atomic E-state index is -1.000. The Morgan fingerprint density at radius 3 is 2.80 bits per heavy atom. The van der Waals surface area contributed by atoms with E-state index in [4.69, 9.17) is 9.47 Å². The van der Waals surface area contributed by atoms with Crippen molar-refractivity contribution in [3.63, 3.8) is 0 Å². The number of hydrogen-bond acceptors (Lipinski definition) is 3. The summed E-state index contributed by atoms with van der Waals surface area (Å²) in [6.45, 7) is 8.65. The van der Waals surface area contributed by atoms with Gasteiger partial charge in [0.05, 0.1) is 18.4 Å². The van der Waals surface area contributed by atoms with Crippen LogP contribution < -0.4 is 0 Å². The number of benzene rings is 1. The maximum Gasteiger partial charge on any atom is 0.0891 e. The normalized spacial score (nSPS) is 18.1. The van der Waals surface area contributed by atoms with E-state index in [1.54, 1.807) is 7.11 Å². The highest BCUT2D eigenvalue weighted by atomic mass is 28.3. The lowest BCUT2D eigenvalue weighted by molar-refractivity contribution is 0.109. The predicted molar refractivity (Wildman–Crippen MR) is 86.8 cm³/mol. The third kappa shape index (κ3) is 4.26. The molecule has 4 heteroatoms. The number of ether oxygens (including phenoxy) is 2. The third-order valence-corrected chi connectivity index (χ3v) is 5.24. The van der Waals surface area contributed by atoms with Crippen LogP contribution in [0, 0.1) is 0 Å². The lowest BCUT2D eigenvalue weighted by atomic mass is 10.00. The molecule has 1 aliphatic rings. The van der Waals surface area contributed by atoms with Crippen molar-refractivity contribution < 1.29 is 9.47 Å². The van der Waals surface area contributed by atoms with Crippen LogP contribution in [0.4, 0.5) is 5.69 Å². The quantitative estimate of drug-likeness (QED) is 0.577. The number of nitrogens with zero attached hydrogens (tertiary/aromatic N) is 1. The average molecular weight is 291 g/mol. The first-order valence-electron chi connectivity index (χ1n) is 7.25. The van der Waals surface area contributed by atoms with E-state index in [1.807, 2.05) is 6.21 Å². The van der Waals surface area contributed by atoms with Gasteiger partial charge in [-0.25, -0.2) is 0 Å². The summed E-state index contributed by atoms with van der Waals surface area (Å²) in [6, 6.07) is 7.55. The molecule has 0 radical (unpaired) electrons. The molecule has 0 spiro atoms. The molecule has 0 aromatic heterocycles. The molecule has 110 valence electrons. The molecule has 2 rings (SSSR count). The lowest BCUT2D eigenvalue weighted by Gasteiger charge is -2.20. The highest BCUT2D eigenvalue weighted by molar-refractivity contribution is 6.76. The van der Waals surface area contributed by atoms with E-state index in [-0.39, 0.29) is 6.10 Å².